The highest BCUT2D eigenvalue weighted by Crippen LogP contribution is 2.01. The van der Waals surface area contributed by atoms with Gasteiger partial charge in [0.25, 0.3) is 10.2 Å². The lowest BCUT2D eigenvalue weighted by Crippen LogP contribution is -2.55. The molecular weight excluding hydrogens is 220 g/mol. The van der Waals surface area contributed by atoms with E-state index in [-0.39, 0.29) is 19.0 Å². The molecule has 0 unspecified atom stereocenters. The fraction of sp³-hybridized carbons (Fsp3) is 0.857. The third kappa shape index (κ3) is 5.67. The Morgan fingerprint density at radius 2 is 2.07 bits per heavy atom. The number of nitrogens with two attached hydrogens (primary N) is 1. The number of rotatable bonds is 7. The van der Waals surface area contributed by atoms with Crippen LogP contribution < -0.4 is 15.2 Å². The molecule has 0 aromatic rings. The van der Waals surface area contributed by atoms with Gasteiger partial charge in [0.2, 0.25) is 0 Å². The topological polar surface area (TPSA) is 117 Å². The molecule has 7 nitrogen and oxygen atoms in total. The highest BCUT2D eigenvalue weighted by Gasteiger charge is 2.27. The van der Waals surface area contributed by atoms with Crippen LogP contribution in [0.5, 0.6) is 0 Å². The molecule has 0 amide bonds. The molecule has 0 saturated heterocycles. The Bertz CT molecular complexity index is 312. The lowest BCUT2D eigenvalue weighted by Gasteiger charge is -2.24. The lowest BCUT2D eigenvalue weighted by atomic mass is 10.1. The summed E-state index contributed by atoms with van der Waals surface area (Å²) >= 11 is 0. The van der Waals surface area contributed by atoms with E-state index in [2.05, 4.69) is 9.44 Å². The third-order valence-electron chi connectivity index (χ3n) is 1.66. The van der Waals surface area contributed by atoms with Gasteiger partial charge in [-0.25, -0.2) is 0 Å². The van der Waals surface area contributed by atoms with E-state index in [1.807, 2.05) is 0 Å². The predicted octanol–water partition coefficient (Wildman–Crippen LogP) is -1.23. The summed E-state index contributed by atoms with van der Waals surface area (Å²) in [5.74, 6) is -0.250. The van der Waals surface area contributed by atoms with Crippen LogP contribution in [0, 0.1) is 5.41 Å². The van der Waals surface area contributed by atoms with Crippen LogP contribution in [0.2, 0.25) is 0 Å². The molecule has 0 aliphatic heterocycles. The monoisotopic (exact) mass is 238 g/mol. The van der Waals surface area contributed by atoms with Crippen LogP contribution in [-0.2, 0) is 14.9 Å². The van der Waals surface area contributed by atoms with Crippen molar-refractivity contribution in [3.05, 3.63) is 0 Å². The summed E-state index contributed by atoms with van der Waals surface area (Å²) in [6.07, 6.45) is 0. The van der Waals surface area contributed by atoms with Crippen LogP contribution >= 0.6 is 0 Å². The molecule has 0 spiro atoms. The maximum atomic E-state index is 11.4. The second-order valence-electron chi connectivity index (χ2n) is 3.53. The van der Waals surface area contributed by atoms with Gasteiger partial charge in [0.15, 0.2) is 0 Å². The van der Waals surface area contributed by atoms with Crippen LogP contribution in [0.15, 0.2) is 0 Å². The van der Waals surface area contributed by atoms with Gasteiger partial charge in [-0.15, -0.1) is 0 Å². The van der Waals surface area contributed by atoms with E-state index in [9.17, 15) is 8.42 Å². The summed E-state index contributed by atoms with van der Waals surface area (Å²) in [4.78, 5) is 0. The molecular formula is C7H18N4O3S. The van der Waals surface area contributed by atoms with Crippen molar-refractivity contribution in [3.8, 4) is 0 Å². The Kier molecular flexibility index (Phi) is 5.15. The average molecular weight is 238 g/mol. The Labute approximate surface area is 90.1 Å². The molecule has 0 aromatic heterocycles. The summed E-state index contributed by atoms with van der Waals surface area (Å²) in [7, 11) is -2.18. The number of methoxy groups -OCH3 is 1. The fourth-order valence-corrected chi connectivity index (χ4v) is 1.91. The van der Waals surface area contributed by atoms with Crippen LogP contribution in [0.1, 0.15) is 13.8 Å². The van der Waals surface area contributed by atoms with Gasteiger partial charge >= 0.3 is 0 Å². The van der Waals surface area contributed by atoms with Crippen molar-refractivity contribution in [2.45, 2.75) is 19.4 Å². The Morgan fingerprint density at radius 3 is 2.47 bits per heavy atom. The largest absolute Gasteiger partial charge is 0.386 e. The highest BCUT2D eigenvalue weighted by molar-refractivity contribution is 7.87. The zero-order valence-corrected chi connectivity index (χ0v) is 9.94. The van der Waals surface area contributed by atoms with Crippen molar-refractivity contribution >= 4 is 16.0 Å². The number of hydrogen-bond acceptors (Lipinski definition) is 4. The second-order valence-corrected chi connectivity index (χ2v) is 5.03. The van der Waals surface area contributed by atoms with E-state index in [1.54, 1.807) is 0 Å². The molecule has 0 atom stereocenters. The van der Waals surface area contributed by atoms with Crippen LogP contribution in [-0.4, -0.2) is 40.1 Å². The fourth-order valence-electron chi connectivity index (χ4n) is 0.705. The summed E-state index contributed by atoms with van der Waals surface area (Å²) in [6.45, 7) is 3.46. The molecule has 0 aromatic carbocycles. The van der Waals surface area contributed by atoms with Crippen molar-refractivity contribution < 1.29 is 13.2 Å². The average Bonchev–Trinajstić information content (AvgIpc) is 2.01. The highest BCUT2D eigenvalue weighted by atomic mass is 32.2. The maximum absolute atomic E-state index is 11.4. The summed E-state index contributed by atoms with van der Waals surface area (Å²) in [6, 6.07) is 0. The normalized spacial score (nSPS) is 12.7. The van der Waals surface area contributed by atoms with Gasteiger partial charge < -0.3 is 10.5 Å². The molecule has 15 heavy (non-hydrogen) atoms. The van der Waals surface area contributed by atoms with Crippen molar-refractivity contribution in [2.24, 2.45) is 5.73 Å². The SMILES string of the molecule is COCCNS(=O)(=O)NC(C)(C)C(=N)N. The first-order valence-corrected chi connectivity index (χ1v) is 5.81. The number of nitrogens with one attached hydrogen (secondary N) is 3. The van der Waals surface area contributed by atoms with Gasteiger partial charge in [-0.2, -0.15) is 17.9 Å². The van der Waals surface area contributed by atoms with Gasteiger partial charge in [0, 0.05) is 13.7 Å². The van der Waals surface area contributed by atoms with Gasteiger partial charge in [-0.1, -0.05) is 0 Å². The molecule has 0 fully saturated rings. The number of amidine groups is 1. The summed E-state index contributed by atoms with van der Waals surface area (Å²) in [5.41, 5.74) is 4.14. The maximum Gasteiger partial charge on any atom is 0.277 e. The Hall–Kier alpha value is -0.700. The van der Waals surface area contributed by atoms with Crippen molar-refractivity contribution in [2.75, 3.05) is 20.3 Å². The summed E-state index contributed by atoms with van der Waals surface area (Å²) in [5, 5.41) is 7.19. The molecule has 0 rings (SSSR count). The van der Waals surface area contributed by atoms with E-state index in [0.717, 1.165) is 0 Å². The summed E-state index contributed by atoms with van der Waals surface area (Å²) < 4.78 is 32.0. The molecule has 0 saturated carbocycles. The minimum atomic E-state index is -3.66. The minimum absolute atomic E-state index is 0.166. The van der Waals surface area contributed by atoms with Gasteiger partial charge in [0.1, 0.15) is 5.84 Å². The first-order valence-electron chi connectivity index (χ1n) is 4.33. The third-order valence-corrected chi connectivity index (χ3v) is 3.02. The Morgan fingerprint density at radius 1 is 1.53 bits per heavy atom. The van der Waals surface area contributed by atoms with Gasteiger partial charge in [0.05, 0.1) is 12.1 Å². The molecule has 0 aliphatic carbocycles. The van der Waals surface area contributed by atoms with E-state index < -0.39 is 15.7 Å². The standard InChI is InChI=1S/C7H18N4O3S/c1-7(2,6(8)9)11-15(12,13)10-4-5-14-3/h10-11H,4-5H2,1-3H3,(H3,8,9). The van der Waals surface area contributed by atoms with Gasteiger partial charge in [-0.3, -0.25) is 5.41 Å². The van der Waals surface area contributed by atoms with E-state index in [0.29, 0.717) is 0 Å². The quantitative estimate of drug-likeness (QED) is 0.252. The molecule has 5 N–H and O–H groups in total. The number of ether oxygens (including phenoxy) is 1. The lowest BCUT2D eigenvalue weighted by molar-refractivity contribution is 0.204. The predicted molar refractivity (Wildman–Crippen MR) is 57.9 cm³/mol. The molecule has 0 aliphatic rings. The van der Waals surface area contributed by atoms with Crippen molar-refractivity contribution in [1.29, 1.82) is 5.41 Å². The zero-order chi connectivity index (χ0) is 12.1. The van der Waals surface area contributed by atoms with Crippen molar-refractivity contribution in [3.63, 3.8) is 0 Å². The minimum Gasteiger partial charge on any atom is -0.386 e. The van der Waals surface area contributed by atoms with E-state index in [1.165, 1.54) is 21.0 Å². The first-order chi connectivity index (χ1) is 6.71. The number of hydrogen-bond donors (Lipinski definition) is 4. The van der Waals surface area contributed by atoms with E-state index >= 15 is 0 Å². The smallest absolute Gasteiger partial charge is 0.277 e. The van der Waals surface area contributed by atoms with Gasteiger partial charge in [-0.05, 0) is 13.8 Å². The zero-order valence-electron chi connectivity index (χ0n) is 9.12. The molecule has 8 heteroatoms. The van der Waals surface area contributed by atoms with Crippen LogP contribution in [0.4, 0.5) is 0 Å². The van der Waals surface area contributed by atoms with E-state index in [4.69, 9.17) is 15.9 Å². The molecule has 90 valence electrons. The molecule has 0 radical (unpaired) electrons. The first kappa shape index (κ1) is 14.3. The van der Waals surface area contributed by atoms with Crippen LogP contribution in [0.3, 0.4) is 0 Å². The molecule has 0 heterocycles. The van der Waals surface area contributed by atoms with Crippen molar-refractivity contribution in [1.82, 2.24) is 9.44 Å². The second kappa shape index (κ2) is 5.40. The van der Waals surface area contributed by atoms with Crippen LogP contribution in [0.25, 0.3) is 0 Å². The molecule has 0 bridgehead atoms. The Balaban J connectivity index is 4.32.